The molecule has 0 bridgehead atoms. The van der Waals surface area contributed by atoms with Crippen molar-refractivity contribution in [1.29, 1.82) is 0 Å². The van der Waals surface area contributed by atoms with Crippen LogP contribution in [0.4, 0.5) is 0 Å². The number of benzene rings is 4. The molecule has 0 spiro atoms. The van der Waals surface area contributed by atoms with Gasteiger partial charge in [0.25, 0.3) is 0 Å². The zero-order valence-electron chi connectivity index (χ0n) is 49.6. The first-order valence-corrected chi connectivity index (χ1v) is 29.3. The van der Waals surface area contributed by atoms with Crippen LogP contribution in [0, 0.1) is 0 Å². The molecule has 6 rings (SSSR count). The maximum absolute atomic E-state index is 14.9. The molecule has 2 heterocycles. The number of carbonyl (C=O) groups excluding carboxylic acids is 12. The number of phenolic OH excluding ortho intramolecular Hbond substituents is 1. The molecular formula is C62H74N12O17. The van der Waals surface area contributed by atoms with E-state index in [-0.39, 0.29) is 50.8 Å². The van der Waals surface area contributed by atoms with Crippen LogP contribution in [-0.2, 0) is 92.8 Å². The van der Waals surface area contributed by atoms with E-state index < -0.39 is 182 Å². The second-order valence-corrected chi connectivity index (χ2v) is 22.1. The number of carbonyl (C=O) groups is 14. The standard InChI is InChI=1S/C62H74N12O17/c1-34-53(82)68-43(28-35-12-5-2-6-13-35)58(87)70-44(29-36-14-7-3-8-15-36)57(86)66-40(23-25-49(63)76)55(84)73-47(31-37-16-9-4-10-17-37)62(91)74-27-11-18-48(74)61(90)72-46(33-52(80)81)60(89)71-45(32-50(64)77)59(88)67-41(24-26-51(78)79)54(83)69-42(56(85)65-34)30-38-19-21-39(75)22-20-38/h2-10,12-17,19-22,34,40-48,75H,11,18,23-33H2,1H3,(H2,63,76)(H2,64,77)(H,65,85)(H,66,86)(H,67,88)(H,68,82)(H,69,83)(H,70,87)(H,71,89)(H,72,90)(H,73,84)(H,78,79)(H,80,81)/t34-,40-,41-,42-,43-,44-,45-,46-,47+,48-/m0/s1. The van der Waals surface area contributed by atoms with Gasteiger partial charge in [-0.2, -0.15) is 0 Å². The lowest BCUT2D eigenvalue weighted by atomic mass is 10.0. The Morgan fingerprint density at radius 3 is 1.23 bits per heavy atom. The van der Waals surface area contributed by atoms with Gasteiger partial charge in [0.05, 0.1) is 12.8 Å². The Bertz CT molecular complexity index is 3300. The predicted octanol–water partition coefficient (Wildman–Crippen LogP) is -2.47. The van der Waals surface area contributed by atoms with Crippen molar-refractivity contribution in [3.05, 3.63) is 138 Å². The second-order valence-electron chi connectivity index (χ2n) is 22.1. The fraction of sp³-hybridized carbons (Fsp3) is 0.387. The number of hydrogen-bond donors (Lipinski definition) is 14. The van der Waals surface area contributed by atoms with Crippen molar-refractivity contribution in [2.24, 2.45) is 11.5 Å². The number of amides is 12. The zero-order valence-corrected chi connectivity index (χ0v) is 49.6. The molecule has 29 heteroatoms. The molecule has 2 aliphatic rings. The van der Waals surface area contributed by atoms with Gasteiger partial charge in [-0.3, -0.25) is 67.1 Å². The van der Waals surface area contributed by atoms with Crippen molar-refractivity contribution >= 4 is 82.8 Å². The lowest BCUT2D eigenvalue weighted by molar-refractivity contribution is -0.144. The van der Waals surface area contributed by atoms with Gasteiger partial charge in [0.1, 0.15) is 66.2 Å². The molecule has 12 amide bonds. The highest BCUT2D eigenvalue weighted by Crippen LogP contribution is 2.22. The number of nitrogens with zero attached hydrogens (tertiary/aromatic N) is 1. The van der Waals surface area contributed by atoms with Gasteiger partial charge in [-0.1, -0.05) is 103 Å². The average Bonchev–Trinajstić information content (AvgIpc) is 2.22. The van der Waals surface area contributed by atoms with E-state index in [0.717, 1.165) is 4.90 Å². The summed E-state index contributed by atoms with van der Waals surface area (Å²) >= 11 is 0. The van der Waals surface area contributed by atoms with Crippen molar-refractivity contribution in [2.75, 3.05) is 6.54 Å². The number of aliphatic carboxylic acids is 2. The summed E-state index contributed by atoms with van der Waals surface area (Å²) in [4.78, 5) is 195. The molecule has 91 heavy (non-hydrogen) atoms. The molecule has 10 atom stereocenters. The molecule has 16 N–H and O–H groups in total. The predicted molar refractivity (Wildman–Crippen MR) is 321 cm³/mol. The van der Waals surface area contributed by atoms with Gasteiger partial charge >= 0.3 is 11.9 Å². The van der Waals surface area contributed by atoms with Crippen molar-refractivity contribution in [2.45, 2.75) is 144 Å². The molecule has 484 valence electrons. The van der Waals surface area contributed by atoms with Crippen molar-refractivity contribution in [3.8, 4) is 5.75 Å². The number of carboxylic acid groups (broad SMARTS) is 2. The number of hydrogen-bond acceptors (Lipinski definition) is 15. The SMILES string of the molecule is C[C@@H]1NC(=O)[C@H](Cc2ccc(O)cc2)NC(=O)[C@H](CCC(=O)O)NC(=O)[C@H](CC(N)=O)NC(=O)[C@H](CC(=O)O)NC(=O)[C@@H]2CCCN2C(=O)[C@@H](Cc2ccccc2)NC(=O)[C@H](CCC(N)=O)NC(=O)[C@H](Cc2ccccc2)NC(=O)[C@H](Cc2ccccc2)NC1=O. The summed E-state index contributed by atoms with van der Waals surface area (Å²) in [6.07, 6.45) is -5.45. The normalized spacial score (nSPS) is 23.8. The Morgan fingerprint density at radius 2 is 0.780 bits per heavy atom. The van der Waals surface area contributed by atoms with E-state index in [4.69, 9.17) is 11.5 Å². The fourth-order valence-electron chi connectivity index (χ4n) is 10.2. The molecule has 4 aromatic rings. The summed E-state index contributed by atoms with van der Waals surface area (Å²) in [5.74, 6) is -16.2. The minimum Gasteiger partial charge on any atom is -0.508 e. The number of carboxylic acids is 2. The first kappa shape index (κ1) is 69.4. The summed E-state index contributed by atoms with van der Waals surface area (Å²) < 4.78 is 0. The van der Waals surface area contributed by atoms with Gasteiger partial charge in [0.15, 0.2) is 0 Å². The van der Waals surface area contributed by atoms with Crippen LogP contribution in [0.5, 0.6) is 5.75 Å². The van der Waals surface area contributed by atoms with Gasteiger partial charge < -0.3 is 79.5 Å². The number of aromatic hydroxyl groups is 1. The van der Waals surface area contributed by atoms with Crippen LogP contribution in [0.25, 0.3) is 0 Å². The zero-order chi connectivity index (χ0) is 66.3. The van der Waals surface area contributed by atoms with Crippen LogP contribution >= 0.6 is 0 Å². The third kappa shape index (κ3) is 21.8. The topological polar surface area (TPSA) is 463 Å². The van der Waals surface area contributed by atoms with Crippen LogP contribution < -0.4 is 59.3 Å². The summed E-state index contributed by atoms with van der Waals surface area (Å²) in [7, 11) is 0. The van der Waals surface area contributed by atoms with Crippen LogP contribution in [0.15, 0.2) is 115 Å². The molecule has 2 saturated heterocycles. The summed E-state index contributed by atoms with van der Waals surface area (Å²) in [5, 5.41) is 52.0. The quantitative estimate of drug-likeness (QED) is 0.0491. The smallest absolute Gasteiger partial charge is 0.305 e. The fourth-order valence-corrected chi connectivity index (χ4v) is 10.2. The minimum atomic E-state index is -2.04. The van der Waals surface area contributed by atoms with E-state index in [2.05, 4.69) is 47.9 Å². The second kappa shape index (κ2) is 33.6. The maximum Gasteiger partial charge on any atom is 0.305 e. The summed E-state index contributed by atoms with van der Waals surface area (Å²) in [5.41, 5.74) is 12.9. The molecule has 0 radical (unpaired) electrons. The highest BCUT2D eigenvalue weighted by molar-refractivity contribution is 6.01. The van der Waals surface area contributed by atoms with Crippen molar-refractivity contribution in [3.63, 3.8) is 0 Å². The number of fused-ring (bicyclic) bond motifs is 1. The Labute approximate surface area is 521 Å². The molecule has 0 aliphatic carbocycles. The van der Waals surface area contributed by atoms with Gasteiger partial charge in [-0.25, -0.2) is 0 Å². The van der Waals surface area contributed by atoms with E-state index >= 15 is 0 Å². The van der Waals surface area contributed by atoms with Crippen molar-refractivity contribution < 1.29 is 82.4 Å². The molecule has 4 aromatic carbocycles. The van der Waals surface area contributed by atoms with Crippen LogP contribution in [-0.4, -0.2) is 170 Å². The lowest BCUT2D eigenvalue weighted by Gasteiger charge is -2.31. The van der Waals surface area contributed by atoms with Crippen LogP contribution in [0.3, 0.4) is 0 Å². The Hall–Kier alpha value is -10.7. The van der Waals surface area contributed by atoms with Gasteiger partial charge in [-0.15, -0.1) is 0 Å². The van der Waals surface area contributed by atoms with Gasteiger partial charge in [0.2, 0.25) is 70.9 Å². The largest absolute Gasteiger partial charge is 0.508 e. The molecule has 2 fully saturated rings. The summed E-state index contributed by atoms with van der Waals surface area (Å²) in [6, 6.07) is 13.5. The Morgan fingerprint density at radius 1 is 0.418 bits per heavy atom. The van der Waals surface area contributed by atoms with E-state index in [9.17, 15) is 82.4 Å². The third-order valence-electron chi connectivity index (χ3n) is 15.0. The molecule has 2 aliphatic heterocycles. The number of nitrogens with one attached hydrogen (secondary N) is 9. The molecule has 0 aromatic heterocycles. The van der Waals surface area contributed by atoms with Crippen molar-refractivity contribution in [1.82, 2.24) is 52.8 Å². The van der Waals surface area contributed by atoms with E-state index in [1.54, 1.807) is 91.0 Å². The van der Waals surface area contributed by atoms with E-state index in [1.165, 1.54) is 31.2 Å². The maximum atomic E-state index is 14.9. The minimum absolute atomic E-state index is 0.0598. The molecular weight excluding hydrogens is 1180 g/mol. The lowest BCUT2D eigenvalue weighted by Crippen LogP contribution is -2.62. The Balaban J connectivity index is 1.45. The van der Waals surface area contributed by atoms with Crippen LogP contribution in [0.2, 0.25) is 0 Å². The van der Waals surface area contributed by atoms with Gasteiger partial charge in [0, 0.05) is 45.1 Å². The number of primary amides is 2. The number of nitrogens with two attached hydrogens (primary N) is 2. The first-order chi connectivity index (χ1) is 43.3. The Kier molecular flexibility index (Phi) is 25.6. The molecule has 29 nitrogen and oxygen atoms in total. The van der Waals surface area contributed by atoms with E-state index in [0.29, 0.717) is 22.3 Å². The summed E-state index contributed by atoms with van der Waals surface area (Å²) in [6.45, 7) is 1.13. The molecule has 0 saturated carbocycles. The first-order valence-electron chi connectivity index (χ1n) is 29.3. The van der Waals surface area contributed by atoms with E-state index in [1.807, 2.05) is 0 Å². The highest BCUT2D eigenvalue weighted by Gasteiger charge is 2.42. The monoisotopic (exact) mass is 1260 g/mol. The number of rotatable bonds is 18. The van der Waals surface area contributed by atoms with Gasteiger partial charge in [-0.05, 0) is 67.0 Å². The third-order valence-corrected chi connectivity index (χ3v) is 15.0. The average molecular weight is 1260 g/mol. The highest BCUT2D eigenvalue weighted by atomic mass is 16.4. The molecule has 0 unspecified atom stereocenters. The van der Waals surface area contributed by atoms with Crippen LogP contribution in [0.1, 0.15) is 80.5 Å². The number of phenols is 1.